The predicted octanol–water partition coefficient (Wildman–Crippen LogP) is 3.46. The van der Waals surface area contributed by atoms with Crippen LogP contribution in [0.25, 0.3) is 22.3 Å². The third-order valence-corrected chi connectivity index (χ3v) is 4.67. The maximum absolute atomic E-state index is 12.0. The average Bonchev–Trinajstić information content (AvgIpc) is 2.85. The van der Waals surface area contributed by atoms with Gasteiger partial charge in [0.05, 0.1) is 11.1 Å². The predicted molar refractivity (Wildman–Crippen MR) is 123 cm³/mol. The zero-order valence-electron chi connectivity index (χ0n) is 17.1. The van der Waals surface area contributed by atoms with Crippen molar-refractivity contribution in [2.45, 2.75) is 0 Å². The van der Waals surface area contributed by atoms with Crippen molar-refractivity contribution in [3.63, 3.8) is 0 Å². The van der Waals surface area contributed by atoms with Gasteiger partial charge >= 0.3 is 0 Å². The molecule has 0 aromatic heterocycles. The molecule has 3 N–H and O–H groups in total. The number of nitrogen functional groups attached to an aromatic ring is 1. The Morgan fingerprint density at radius 2 is 1.34 bits per heavy atom. The summed E-state index contributed by atoms with van der Waals surface area (Å²) in [6, 6.07) is 18.2. The second kappa shape index (κ2) is 10.5. The van der Waals surface area contributed by atoms with Crippen LogP contribution in [-0.4, -0.2) is 25.4 Å². The first-order chi connectivity index (χ1) is 15.6. The molecule has 6 nitrogen and oxygen atoms in total. The minimum Gasteiger partial charge on any atom is -0.480 e. The highest BCUT2D eigenvalue weighted by atomic mass is 16.5. The van der Waals surface area contributed by atoms with Gasteiger partial charge in [-0.2, -0.15) is 0 Å². The summed E-state index contributed by atoms with van der Waals surface area (Å²) in [6.45, 7) is 0.0968. The first-order valence-electron chi connectivity index (χ1n) is 9.58. The van der Waals surface area contributed by atoms with Crippen molar-refractivity contribution in [2.75, 3.05) is 13.2 Å². The van der Waals surface area contributed by atoms with Gasteiger partial charge in [-0.3, -0.25) is 15.0 Å². The van der Waals surface area contributed by atoms with Crippen molar-refractivity contribution in [3.8, 4) is 58.4 Å². The molecule has 3 aromatic carbocycles. The number of amides is 1. The van der Waals surface area contributed by atoms with E-state index >= 15 is 0 Å². The van der Waals surface area contributed by atoms with E-state index in [0.29, 0.717) is 17.1 Å². The van der Waals surface area contributed by atoms with Crippen LogP contribution in [0, 0.1) is 24.7 Å². The average molecular weight is 424 g/mol. The summed E-state index contributed by atoms with van der Waals surface area (Å²) in [5, 5.41) is 0. The quantitative estimate of drug-likeness (QED) is 0.190. The van der Waals surface area contributed by atoms with Gasteiger partial charge in [0.2, 0.25) is 0 Å². The third-order valence-electron chi connectivity index (χ3n) is 4.67. The number of benzene rings is 3. The van der Waals surface area contributed by atoms with E-state index in [1.54, 1.807) is 30.3 Å². The molecule has 0 saturated carbocycles. The molecule has 0 atom stereocenters. The Labute approximate surface area is 186 Å². The highest BCUT2D eigenvalue weighted by molar-refractivity contribution is 5.97. The fraction of sp³-hybridized carbons (Fsp3) is 0.0769. The molecular formula is C26H20N2O4. The molecule has 6 heteroatoms. The SMILES string of the molecule is C#CCOc1cc(-c2ccc(-c3ccc(C(=O)NN)c(OCC#C)c3)cc2)ccc1C=O. The molecule has 0 saturated heterocycles. The number of carbonyl (C=O) groups is 2. The number of terminal acetylenes is 2. The molecule has 0 unspecified atom stereocenters. The minimum absolute atomic E-state index is 0.0219. The molecule has 158 valence electrons. The number of hydrogen-bond acceptors (Lipinski definition) is 5. The van der Waals surface area contributed by atoms with Gasteiger partial charge in [0, 0.05) is 0 Å². The summed E-state index contributed by atoms with van der Waals surface area (Å²) < 4.78 is 11.0. The Balaban J connectivity index is 1.92. The number of rotatable bonds is 8. The molecule has 1 amide bonds. The molecule has 0 bridgehead atoms. The summed E-state index contributed by atoms with van der Waals surface area (Å²) in [4.78, 5) is 23.2. The van der Waals surface area contributed by atoms with Crippen LogP contribution < -0.4 is 20.7 Å². The van der Waals surface area contributed by atoms with Crippen LogP contribution in [0.2, 0.25) is 0 Å². The summed E-state index contributed by atoms with van der Waals surface area (Å²) in [7, 11) is 0. The number of hydrogen-bond donors (Lipinski definition) is 2. The van der Waals surface area contributed by atoms with Gasteiger partial charge in [0.25, 0.3) is 5.91 Å². The fourth-order valence-electron chi connectivity index (χ4n) is 3.12. The molecule has 0 fully saturated rings. The summed E-state index contributed by atoms with van der Waals surface area (Å²) in [5.74, 6) is 10.3. The molecule has 0 heterocycles. The van der Waals surface area contributed by atoms with E-state index in [-0.39, 0.29) is 18.8 Å². The van der Waals surface area contributed by atoms with Crippen LogP contribution in [0.4, 0.5) is 0 Å². The molecule has 0 radical (unpaired) electrons. The number of nitrogens with one attached hydrogen (secondary N) is 1. The lowest BCUT2D eigenvalue weighted by Crippen LogP contribution is -2.30. The van der Waals surface area contributed by atoms with Gasteiger partial charge in [-0.05, 0) is 46.5 Å². The Hall–Kier alpha value is -4.52. The highest BCUT2D eigenvalue weighted by Gasteiger charge is 2.13. The van der Waals surface area contributed by atoms with Crippen LogP contribution >= 0.6 is 0 Å². The van der Waals surface area contributed by atoms with Crippen LogP contribution in [0.1, 0.15) is 20.7 Å². The number of nitrogens with two attached hydrogens (primary N) is 1. The van der Waals surface area contributed by atoms with Crippen LogP contribution in [0.15, 0.2) is 60.7 Å². The van der Waals surface area contributed by atoms with Gasteiger partial charge < -0.3 is 9.47 Å². The number of carbonyl (C=O) groups excluding carboxylic acids is 2. The molecule has 3 rings (SSSR count). The fourth-order valence-corrected chi connectivity index (χ4v) is 3.12. The lowest BCUT2D eigenvalue weighted by Gasteiger charge is -2.12. The standard InChI is InChI=1S/C26H20N2O4/c1-3-13-31-24-15-20(9-10-22(24)17-29)18-5-7-19(8-6-18)21-11-12-23(26(30)28-27)25(16-21)32-14-4-2/h1-2,5-12,15-17H,13-14,27H2,(H,28,30). The Kier molecular flexibility index (Phi) is 7.27. The number of hydrazine groups is 1. The van der Waals surface area contributed by atoms with E-state index in [9.17, 15) is 9.59 Å². The molecule has 0 aliphatic heterocycles. The largest absolute Gasteiger partial charge is 0.480 e. The van der Waals surface area contributed by atoms with Gasteiger partial charge in [-0.15, -0.1) is 12.8 Å². The monoisotopic (exact) mass is 424 g/mol. The maximum atomic E-state index is 12.0. The van der Waals surface area contributed by atoms with Crippen molar-refractivity contribution >= 4 is 12.2 Å². The molecule has 0 aliphatic rings. The minimum atomic E-state index is -0.472. The van der Waals surface area contributed by atoms with E-state index < -0.39 is 5.91 Å². The van der Waals surface area contributed by atoms with Crippen LogP contribution in [0.3, 0.4) is 0 Å². The molecule has 0 aliphatic carbocycles. The maximum Gasteiger partial charge on any atom is 0.268 e. The third kappa shape index (κ3) is 4.96. The zero-order chi connectivity index (χ0) is 22.9. The second-order valence-electron chi connectivity index (χ2n) is 6.62. The molecule has 32 heavy (non-hydrogen) atoms. The van der Waals surface area contributed by atoms with Crippen LogP contribution in [-0.2, 0) is 0 Å². The molecular weight excluding hydrogens is 404 g/mol. The van der Waals surface area contributed by atoms with E-state index in [0.717, 1.165) is 28.5 Å². The van der Waals surface area contributed by atoms with E-state index in [4.69, 9.17) is 28.2 Å². The van der Waals surface area contributed by atoms with Gasteiger partial charge in [0.1, 0.15) is 24.7 Å². The molecule has 0 spiro atoms. The van der Waals surface area contributed by atoms with Crippen molar-refractivity contribution in [1.82, 2.24) is 5.43 Å². The second-order valence-corrected chi connectivity index (χ2v) is 6.62. The van der Waals surface area contributed by atoms with E-state index in [2.05, 4.69) is 17.3 Å². The highest BCUT2D eigenvalue weighted by Crippen LogP contribution is 2.31. The Morgan fingerprint density at radius 3 is 1.88 bits per heavy atom. The van der Waals surface area contributed by atoms with Crippen molar-refractivity contribution in [1.29, 1.82) is 0 Å². The van der Waals surface area contributed by atoms with Crippen molar-refractivity contribution in [2.24, 2.45) is 5.84 Å². The van der Waals surface area contributed by atoms with Gasteiger partial charge in [-0.25, -0.2) is 5.84 Å². The topological polar surface area (TPSA) is 90.7 Å². The lowest BCUT2D eigenvalue weighted by molar-refractivity contribution is 0.0950. The van der Waals surface area contributed by atoms with Crippen LogP contribution in [0.5, 0.6) is 11.5 Å². The molecule has 3 aromatic rings. The normalized spacial score (nSPS) is 9.84. The smallest absolute Gasteiger partial charge is 0.268 e. The van der Waals surface area contributed by atoms with Crippen molar-refractivity contribution in [3.05, 3.63) is 71.8 Å². The van der Waals surface area contributed by atoms with E-state index in [1.165, 1.54) is 0 Å². The Morgan fingerprint density at radius 1 is 0.844 bits per heavy atom. The summed E-state index contributed by atoms with van der Waals surface area (Å²) >= 11 is 0. The lowest BCUT2D eigenvalue weighted by atomic mass is 9.98. The van der Waals surface area contributed by atoms with E-state index in [1.807, 2.05) is 30.3 Å². The van der Waals surface area contributed by atoms with Gasteiger partial charge in [-0.1, -0.05) is 48.2 Å². The number of ether oxygens (including phenoxy) is 2. The summed E-state index contributed by atoms with van der Waals surface area (Å²) in [6.07, 6.45) is 11.3. The first-order valence-corrected chi connectivity index (χ1v) is 9.58. The van der Waals surface area contributed by atoms with Crippen molar-refractivity contribution < 1.29 is 19.1 Å². The summed E-state index contributed by atoms with van der Waals surface area (Å²) in [5.41, 5.74) is 6.37. The van der Waals surface area contributed by atoms with Gasteiger partial charge in [0.15, 0.2) is 6.29 Å². The first kappa shape index (κ1) is 22.2. The zero-order valence-corrected chi connectivity index (χ0v) is 17.1. The Bertz CT molecular complexity index is 1220. The number of aldehydes is 1.